The van der Waals surface area contributed by atoms with Crippen LogP contribution in [-0.4, -0.2) is 11.1 Å². The van der Waals surface area contributed by atoms with E-state index in [0.717, 1.165) is 16.1 Å². The number of quaternary nitrogens is 1. The van der Waals surface area contributed by atoms with E-state index in [4.69, 9.17) is 5.84 Å². The first-order valence-electron chi connectivity index (χ1n) is 7.08. The molecule has 2 N–H and O–H groups in total. The molecule has 0 radical (unpaired) electrons. The minimum Gasteiger partial charge on any atom is -0.317 e. The third-order valence-corrected chi connectivity index (χ3v) is 5.16. The minimum absolute atomic E-state index is 0.0159. The first-order chi connectivity index (χ1) is 10.6. The van der Waals surface area contributed by atoms with Crippen molar-refractivity contribution in [2.24, 2.45) is 10.9 Å². The van der Waals surface area contributed by atoms with Gasteiger partial charge in [-0.05, 0) is 24.8 Å². The Morgan fingerprint density at radius 1 is 1.18 bits per heavy atom. The molecule has 2 aromatic rings. The smallest absolute Gasteiger partial charge is 0.317 e. The highest BCUT2D eigenvalue weighted by Gasteiger charge is 2.50. The highest BCUT2D eigenvalue weighted by atomic mass is 32.2. The maximum atomic E-state index is 12.6. The predicted molar refractivity (Wildman–Crippen MR) is 91.3 cm³/mol. The molecule has 4 nitrogen and oxygen atoms in total. The largest absolute Gasteiger partial charge is 0.322 e. The van der Waals surface area contributed by atoms with E-state index in [1.54, 1.807) is 6.92 Å². The van der Waals surface area contributed by atoms with Crippen LogP contribution < -0.4 is 10.3 Å². The first-order valence-corrected chi connectivity index (χ1v) is 7.90. The zero-order valence-electron chi connectivity index (χ0n) is 12.6. The van der Waals surface area contributed by atoms with Gasteiger partial charge >= 0.3 is 5.91 Å². The van der Waals surface area contributed by atoms with E-state index in [0.29, 0.717) is 11.7 Å². The summed E-state index contributed by atoms with van der Waals surface area (Å²) in [5.74, 6) is 5.62. The fraction of sp³-hybridized carbons (Fsp3) is 0.176. The predicted octanol–water partition coefficient (Wildman–Crippen LogP) is 3.38. The number of amides is 1. The molecule has 0 saturated heterocycles. The number of carbonyl (C=O) groups is 1. The number of nitrogens with zero attached hydrogens (tertiary/aromatic N) is 2. The minimum atomic E-state index is 0.0159. The van der Waals surface area contributed by atoms with E-state index >= 15 is 0 Å². The van der Waals surface area contributed by atoms with E-state index in [1.165, 1.54) is 17.3 Å². The summed E-state index contributed by atoms with van der Waals surface area (Å²) in [4.78, 5) is 13.6. The number of rotatable bonds is 2. The number of para-hydroxylation sites is 1. The molecular weight excluding hydrogens is 294 g/mol. The Morgan fingerprint density at radius 3 is 2.50 bits per heavy atom. The molecule has 0 bridgehead atoms. The van der Waals surface area contributed by atoms with E-state index in [-0.39, 0.29) is 10.4 Å². The van der Waals surface area contributed by atoms with Gasteiger partial charge in [-0.3, -0.25) is 0 Å². The second kappa shape index (κ2) is 5.59. The molecule has 0 spiro atoms. The molecule has 0 aromatic heterocycles. The standard InChI is InChI=1S/C17H18N3OS/c1-12-7-9-14(10-8-12)11-20(13(2)21)15-5-3-4-6-16(15)22-17(20)19-18/h3-10H,11,18H2,1-2H3/q+1. The number of hydrogen-bond acceptors (Lipinski definition) is 4. The lowest BCUT2D eigenvalue weighted by Crippen LogP contribution is -2.54. The number of fused-ring (bicyclic) bond motifs is 1. The summed E-state index contributed by atoms with van der Waals surface area (Å²) in [6.45, 7) is 4.17. The molecule has 0 fully saturated rings. The van der Waals surface area contributed by atoms with Crippen LogP contribution in [0.15, 0.2) is 58.5 Å². The number of benzene rings is 2. The number of thioether (sulfide) groups is 1. The van der Waals surface area contributed by atoms with Crippen LogP contribution >= 0.6 is 11.8 Å². The average molecular weight is 312 g/mol. The molecule has 1 unspecified atom stereocenters. The van der Waals surface area contributed by atoms with Crippen molar-refractivity contribution in [2.45, 2.75) is 25.3 Å². The number of hydrazone groups is 1. The monoisotopic (exact) mass is 312 g/mol. The SMILES string of the molecule is CC(=O)[N+]1(Cc2ccc(C)cc2)C(=NN)Sc2ccccc21. The second-order valence-electron chi connectivity index (χ2n) is 5.45. The topological polar surface area (TPSA) is 55.5 Å². The molecule has 1 aliphatic heterocycles. The van der Waals surface area contributed by atoms with Gasteiger partial charge in [-0.15, -0.1) is 5.10 Å². The third kappa shape index (κ3) is 2.23. The van der Waals surface area contributed by atoms with Crippen LogP contribution in [0.3, 0.4) is 0 Å². The number of nitrogens with two attached hydrogens (primary N) is 1. The maximum Gasteiger partial charge on any atom is 0.322 e. The highest BCUT2D eigenvalue weighted by Crippen LogP contribution is 2.46. The van der Waals surface area contributed by atoms with Gasteiger partial charge in [-0.1, -0.05) is 42.0 Å². The molecular formula is C17H18N3OS+. The van der Waals surface area contributed by atoms with Crippen LogP contribution in [-0.2, 0) is 11.3 Å². The van der Waals surface area contributed by atoms with E-state index in [1.807, 2.05) is 31.2 Å². The Balaban J connectivity index is 2.15. The van der Waals surface area contributed by atoms with Gasteiger partial charge < -0.3 is 5.84 Å². The Hall–Kier alpha value is -2.11. The van der Waals surface area contributed by atoms with Gasteiger partial charge in [0.05, 0.1) is 11.8 Å². The van der Waals surface area contributed by atoms with Crippen molar-refractivity contribution in [3.05, 3.63) is 59.7 Å². The van der Waals surface area contributed by atoms with Crippen LogP contribution in [0.1, 0.15) is 18.1 Å². The summed E-state index contributed by atoms with van der Waals surface area (Å²) in [7, 11) is 0. The zero-order valence-corrected chi connectivity index (χ0v) is 13.4. The Kier molecular flexibility index (Phi) is 3.76. The van der Waals surface area contributed by atoms with E-state index in [9.17, 15) is 4.79 Å². The molecule has 1 aliphatic rings. The average Bonchev–Trinajstić information content (AvgIpc) is 2.84. The Bertz CT molecular complexity index is 755. The zero-order chi connectivity index (χ0) is 15.7. The number of hydrogen-bond donors (Lipinski definition) is 1. The molecule has 3 rings (SSSR count). The van der Waals surface area contributed by atoms with Gasteiger partial charge in [-0.2, -0.15) is 4.48 Å². The molecule has 22 heavy (non-hydrogen) atoms. The van der Waals surface area contributed by atoms with Crippen LogP contribution in [0.2, 0.25) is 0 Å². The molecule has 0 aliphatic carbocycles. The second-order valence-corrected chi connectivity index (χ2v) is 6.46. The van der Waals surface area contributed by atoms with Crippen molar-refractivity contribution in [1.82, 2.24) is 4.48 Å². The maximum absolute atomic E-state index is 12.6. The highest BCUT2D eigenvalue weighted by molar-refractivity contribution is 8.14. The summed E-state index contributed by atoms with van der Waals surface area (Å²) >= 11 is 1.47. The van der Waals surface area contributed by atoms with Crippen molar-refractivity contribution < 1.29 is 4.79 Å². The van der Waals surface area contributed by atoms with Gasteiger partial charge in [-0.25, -0.2) is 4.79 Å². The first kappa shape index (κ1) is 14.8. The lowest BCUT2D eigenvalue weighted by atomic mass is 10.1. The summed E-state index contributed by atoms with van der Waals surface area (Å²) in [5, 5.41) is 4.54. The Morgan fingerprint density at radius 2 is 1.86 bits per heavy atom. The van der Waals surface area contributed by atoms with Gasteiger partial charge in [0, 0.05) is 11.6 Å². The number of aryl methyl sites for hydroxylation is 1. The summed E-state index contributed by atoms with van der Waals surface area (Å²) in [6.07, 6.45) is 0. The summed E-state index contributed by atoms with van der Waals surface area (Å²) < 4.78 is 0.0560. The molecule has 0 saturated carbocycles. The Labute approximate surface area is 134 Å². The fourth-order valence-electron chi connectivity index (χ4n) is 2.80. The molecule has 112 valence electrons. The quantitative estimate of drug-likeness (QED) is 0.525. The van der Waals surface area contributed by atoms with Crippen LogP contribution in [0.25, 0.3) is 0 Å². The molecule has 2 aromatic carbocycles. The van der Waals surface area contributed by atoms with Gasteiger partial charge in [0.25, 0.3) is 5.17 Å². The van der Waals surface area contributed by atoms with Crippen molar-refractivity contribution in [3.8, 4) is 0 Å². The van der Waals surface area contributed by atoms with Crippen LogP contribution in [0, 0.1) is 6.92 Å². The summed E-state index contributed by atoms with van der Waals surface area (Å²) in [5.41, 5.74) is 3.23. The lowest BCUT2D eigenvalue weighted by molar-refractivity contribution is -0.124. The van der Waals surface area contributed by atoms with E-state index in [2.05, 4.69) is 29.4 Å². The van der Waals surface area contributed by atoms with Gasteiger partial charge in [0.2, 0.25) is 0 Å². The fourth-order valence-corrected chi connectivity index (χ4v) is 3.97. The van der Waals surface area contributed by atoms with E-state index < -0.39 is 0 Å². The van der Waals surface area contributed by atoms with Crippen LogP contribution in [0.4, 0.5) is 5.69 Å². The van der Waals surface area contributed by atoms with Crippen molar-refractivity contribution in [1.29, 1.82) is 0 Å². The van der Waals surface area contributed by atoms with Crippen molar-refractivity contribution in [3.63, 3.8) is 0 Å². The molecule has 1 atom stereocenters. The molecule has 1 heterocycles. The van der Waals surface area contributed by atoms with Gasteiger partial charge in [0.1, 0.15) is 6.54 Å². The normalized spacial score (nSPS) is 21.8. The van der Waals surface area contributed by atoms with Crippen molar-refractivity contribution >= 4 is 28.5 Å². The lowest BCUT2D eigenvalue weighted by Gasteiger charge is -2.29. The van der Waals surface area contributed by atoms with Crippen LogP contribution in [0.5, 0.6) is 0 Å². The summed E-state index contributed by atoms with van der Waals surface area (Å²) in [6, 6.07) is 16.1. The van der Waals surface area contributed by atoms with Crippen molar-refractivity contribution in [2.75, 3.05) is 0 Å². The van der Waals surface area contributed by atoms with Gasteiger partial charge in [0.15, 0.2) is 5.69 Å². The molecule has 5 heteroatoms. The number of amidine groups is 1. The molecule has 1 amide bonds. The number of carbonyl (C=O) groups excluding carboxylic acids is 1. The third-order valence-electron chi connectivity index (χ3n) is 3.99.